The van der Waals surface area contributed by atoms with Crippen LogP contribution in [-0.2, 0) is 9.53 Å². The maximum atomic E-state index is 12.4. The average Bonchev–Trinajstić information content (AvgIpc) is 2.60. The Balaban J connectivity index is 3.00. The molecule has 0 heterocycles. The van der Waals surface area contributed by atoms with E-state index in [1.807, 2.05) is 0 Å². The van der Waals surface area contributed by atoms with E-state index in [9.17, 15) is 24.8 Å². The van der Waals surface area contributed by atoms with Crippen LogP contribution >= 0.6 is 0 Å². The van der Waals surface area contributed by atoms with Crippen molar-refractivity contribution in [1.29, 1.82) is 0 Å². The molecule has 0 bridgehead atoms. The highest BCUT2D eigenvalue weighted by atomic mass is 16.6. The second-order valence-corrected chi connectivity index (χ2v) is 6.01. The maximum Gasteiger partial charge on any atom is 0.338 e. The highest BCUT2D eigenvalue weighted by molar-refractivity contribution is 6.02. The van der Waals surface area contributed by atoms with Crippen molar-refractivity contribution in [1.82, 2.24) is 0 Å². The molecule has 0 spiro atoms. The number of benzene rings is 1. The van der Waals surface area contributed by atoms with Crippen molar-refractivity contribution in [3.05, 3.63) is 33.9 Å². The third-order valence-corrected chi connectivity index (χ3v) is 4.02. The van der Waals surface area contributed by atoms with Crippen molar-refractivity contribution in [3.8, 4) is 0 Å². The van der Waals surface area contributed by atoms with Gasteiger partial charge in [0.15, 0.2) is 0 Å². The Bertz CT molecular complexity index is 632. The Morgan fingerprint density at radius 3 is 2.42 bits per heavy atom. The number of carbonyl (C=O) groups is 2. The van der Waals surface area contributed by atoms with E-state index in [2.05, 4.69) is 6.92 Å². The smallest absolute Gasteiger partial charge is 0.338 e. The molecular weight excluding hydrogens is 340 g/mol. The maximum absolute atomic E-state index is 12.4. The molecule has 8 heteroatoms. The number of nitro groups is 1. The summed E-state index contributed by atoms with van der Waals surface area (Å²) in [5, 5.41) is 20.3. The summed E-state index contributed by atoms with van der Waals surface area (Å²) in [6.07, 6.45) is 6.12. The second kappa shape index (κ2) is 11.2. The molecule has 1 amide bonds. The number of amides is 1. The highest BCUT2D eigenvalue weighted by Crippen LogP contribution is 2.26. The zero-order valence-electron chi connectivity index (χ0n) is 15.3. The van der Waals surface area contributed by atoms with Crippen molar-refractivity contribution < 1.29 is 24.4 Å². The number of aromatic carboxylic acids is 1. The Morgan fingerprint density at radius 2 is 1.85 bits per heavy atom. The molecular formula is C18H26N2O6. The summed E-state index contributed by atoms with van der Waals surface area (Å²) >= 11 is 0. The van der Waals surface area contributed by atoms with Crippen molar-refractivity contribution in [2.75, 3.05) is 25.2 Å². The van der Waals surface area contributed by atoms with Gasteiger partial charge in [-0.25, -0.2) is 4.79 Å². The van der Waals surface area contributed by atoms with Crippen LogP contribution in [0.3, 0.4) is 0 Å². The van der Waals surface area contributed by atoms with Crippen molar-refractivity contribution in [2.45, 2.75) is 45.4 Å². The van der Waals surface area contributed by atoms with Gasteiger partial charge in [0.05, 0.1) is 16.2 Å². The van der Waals surface area contributed by atoms with Crippen LogP contribution < -0.4 is 4.90 Å². The number of hydrogen-bond acceptors (Lipinski definition) is 5. The molecule has 0 aliphatic heterocycles. The molecule has 1 aromatic rings. The lowest BCUT2D eigenvalue weighted by Crippen LogP contribution is -2.35. The summed E-state index contributed by atoms with van der Waals surface area (Å²) in [6, 6.07) is 3.49. The van der Waals surface area contributed by atoms with Gasteiger partial charge in [-0.3, -0.25) is 14.9 Å². The zero-order chi connectivity index (χ0) is 19.5. The number of anilines is 1. The van der Waals surface area contributed by atoms with Gasteiger partial charge in [0.25, 0.3) is 11.6 Å². The van der Waals surface area contributed by atoms with Crippen LogP contribution in [0.5, 0.6) is 0 Å². The number of nitrogens with zero attached hydrogens (tertiary/aromatic N) is 2. The Hall–Kier alpha value is -2.48. The first-order valence-electron chi connectivity index (χ1n) is 8.73. The molecule has 0 radical (unpaired) electrons. The van der Waals surface area contributed by atoms with Crippen LogP contribution in [0.25, 0.3) is 0 Å². The Morgan fingerprint density at radius 1 is 1.19 bits per heavy atom. The molecule has 1 rings (SSSR count). The van der Waals surface area contributed by atoms with Gasteiger partial charge in [0.1, 0.15) is 6.61 Å². The van der Waals surface area contributed by atoms with E-state index < -0.39 is 10.9 Å². The number of nitro benzene ring substituents is 1. The summed E-state index contributed by atoms with van der Waals surface area (Å²) in [6.45, 7) is 2.28. The van der Waals surface area contributed by atoms with Crippen LogP contribution in [0.15, 0.2) is 18.2 Å². The average molecular weight is 366 g/mol. The number of carboxylic acid groups (broad SMARTS) is 1. The molecule has 0 fully saturated rings. The largest absolute Gasteiger partial charge is 0.478 e. The van der Waals surface area contributed by atoms with Crippen LogP contribution in [0.2, 0.25) is 0 Å². The summed E-state index contributed by atoms with van der Waals surface area (Å²) < 4.78 is 4.88. The first-order valence-corrected chi connectivity index (χ1v) is 8.73. The molecule has 0 saturated carbocycles. The summed E-state index contributed by atoms with van der Waals surface area (Å²) in [5.41, 5.74) is -0.446. The third kappa shape index (κ3) is 6.44. The summed E-state index contributed by atoms with van der Waals surface area (Å²) in [4.78, 5) is 35.5. The lowest BCUT2D eigenvalue weighted by Gasteiger charge is -2.24. The van der Waals surface area contributed by atoms with Gasteiger partial charge in [0.2, 0.25) is 0 Å². The van der Waals surface area contributed by atoms with E-state index in [1.54, 1.807) is 0 Å². The predicted molar refractivity (Wildman–Crippen MR) is 97.7 cm³/mol. The SMILES string of the molecule is CCCCCCCCN(C(=O)COC)c1ccc([N+](=O)[O-])cc1C(=O)O. The fourth-order valence-electron chi connectivity index (χ4n) is 2.68. The highest BCUT2D eigenvalue weighted by Gasteiger charge is 2.23. The summed E-state index contributed by atoms with van der Waals surface area (Å²) in [5.74, 6) is -1.70. The lowest BCUT2D eigenvalue weighted by molar-refractivity contribution is -0.384. The molecule has 8 nitrogen and oxygen atoms in total. The quantitative estimate of drug-likeness (QED) is 0.343. The minimum Gasteiger partial charge on any atom is -0.478 e. The normalized spacial score (nSPS) is 10.5. The monoisotopic (exact) mass is 366 g/mol. The Kier molecular flexibility index (Phi) is 9.29. The molecule has 0 aromatic heterocycles. The van der Waals surface area contributed by atoms with Crippen LogP contribution in [-0.4, -0.2) is 42.2 Å². The zero-order valence-corrected chi connectivity index (χ0v) is 15.3. The van der Waals surface area contributed by atoms with E-state index in [4.69, 9.17) is 4.74 Å². The number of non-ortho nitro benzene ring substituents is 1. The van der Waals surface area contributed by atoms with Crippen molar-refractivity contribution in [2.24, 2.45) is 0 Å². The number of rotatable bonds is 12. The van der Waals surface area contributed by atoms with Crippen LogP contribution in [0.1, 0.15) is 55.8 Å². The van der Waals surface area contributed by atoms with Gasteiger partial charge in [-0.15, -0.1) is 0 Å². The molecule has 0 atom stereocenters. The van der Waals surface area contributed by atoms with Crippen LogP contribution in [0, 0.1) is 10.1 Å². The number of methoxy groups -OCH3 is 1. The predicted octanol–water partition coefficient (Wildman–Crippen LogP) is 3.63. The van der Waals surface area contributed by atoms with E-state index in [1.165, 1.54) is 24.1 Å². The molecule has 26 heavy (non-hydrogen) atoms. The van der Waals surface area contributed by atoms with Gasteiger partial charge in [-0.2, -0.15) is 0 Å². The fourth-order valence-corrected chi connectivity index (χ4v) is 2.68. The number of carboxylic acids is 1. The number of carbonyl (C=O) groups excluding carboxylic acids is 1. The number of hydrogen-bond donors (Lipinski definition) is 1. The van der Waals surface area contributed by atoms with Gasteiger partial charge in [-0.05, 0) is 12.5 Å². The van der Waals surface area contributed by atoms with Crippen molar-refractivity contribution in [3.63, 3.8) is 0 Å². The fraction of sp³-hybridized carbons (Fsp3) is 0.556. The van der Waals surface area contributed by atoms with Gasteiger partial charge < -0.3 is 14.7 Å². The molecule has 0 aliphatic carbocycles. The molecule has 0 saturated heterocycles. The summed E-state index contributed by atoms with van der Waals surface area (Å²) in [7, 11) is 1.38. The van der Waals surface area contributed by atoms with Gasteiger partial charge in [-0.1, -0.05) is 39.0 Å². The molecule has 1 N–H and O–H groups in total. The van der Waals surface area contributed by atoms with Crippen LogP contribution in [0.4, 0.5) is 11.4 Å². The van der Waals surface area contributed by atoms with Gasteiger partial charge in [0, 0.05) is 25.8 Å². The van der Waals surface area contributed by atoms with Crippen molar-refractivity contribution >= 4 is 23.3 Å². The number of unbranched alkanes of at least 4 members (excludes halogenated alkanes) is 5. The minimum atomic E-state index is -1.32. The first-order chi connectivity index (χ1) is 12.4. The van der Waals surface area contributed by atoms with E-state index in [0.717, 1.165) is 44.6 Å². The first kappa shape index (κ1) is 21.6. The standard InChI is InChI=1S/C18H26N2O6/c1-3-4-5-6-7-8-11-19(17(21)13-26-2)16-10-9-14(20(24)25)12-15(16)18(22)23/h9-10,12H,3-8,11,13H2,1-2H3,(H,22,23). The lowest BCUT2D eigenvalue weighted by atomic mass is 10.1. The number of ether oxygens (including phenoxy) is 1. The minimum absolute atomic E-state index is 0.152. The molecule has 1 aromatic carbocycles. The van der Waals surface area contributed by atoms with E-state index >= 15 is 0 Å². The second-order valence-electron chi connectivity index (χ2n) is 6.01. The topological polar surface area (TPSA) is 110 Å². The third-order valence-electron chi connectivity index (χ3n) is 4.02. The van der Waals surface area contributed by atoms with E-state index in [-0.39, 0.29) is 29.5 Å². The molecule has 144 valence electrons. The Labute approximate surface area is 152 Å². The van der Waals surface area contributed by atoms with E-state index in [0.29, 0.717) is 6.54 Å². The van der Waals surface area contributed by atoms with Gasteiger partial charge >= 0.3 is 5.97 Å². The molecule has 0 aliphatic rings. The molecule has 0 unspecified atom stereocenters.